The lowest BCUT2D eigenvalue weighted by Crippen LogP contribution is -2.12. The van der Waals surface area contributed by atoms with Gasteiger partial charge in [-0.25, -0.2) is 4.79 Å². The van der Waals surface area contributed by atoms with E-state index in [2.05, 4.69) is 27.3 Å². The maximum absolute atomic E-state index is 10.8. The number of aromatic nitrogens is 2. The minimum absolute atomic E-state index is 0.195. The van der Waals surface area contributed by atoms with Gasteiger partial charge in [0.25, 0.3) is 5.89 Å². The number of rotatable bonds is 3. The molecule has 0 radical (unpaired) electrons. The van der Waals surface area contributed by atoms with E-state index in [1.807, 2.05) is 0 Å². The van der Waals surface area contributed by atoms with Crippen LogP contribution in [0.15, 0.2) is 58.2 Å². The van der Waals surface area contributed by atoms with E-state index in [1.165, 1.54) is 12.1 Å². The van der Waals surface area contributed by atoms with Gasteiger partial charge in [0, 0.05) is 11.3 Å². The van der Waals surface area contributed by atoms with E-state index in [0.717, 1.165) is 0 Å². The van der Waals surface area contributed by atoms with E-state index in [4.69, 9.17) is 9.52 Å². The molecule has 3 rings (SSSR count). The summed E-state index contributed by atoms with van der Waals surface area (Å²) in [5.74, 6) is -0.424. The molecule has 2 N–H and O–H groups in total. The monoisotopic (exact) mass is 282 g/mol. The Morgan fingerprint density at radius 2 is 1.86 bits per heavy atom. The van der Waals surface area contributed by atoms with E-state index in [0.29, 0.717) is 22.9 Å². The lowest BCUT2D eigenvalue weighted by molar-refractivity contribution is 0.0697. The van der Waals surface area contributed by atoms with Gasteiger partial charge in [0.05, 0.1) is 5.56 Å². The first-order valence-corrected chi connectivity index (χ1v) is 6.02. The van der Waals surface area contributed by atoms with Crippen molar-refractivity contribution in [3.63, 3.8) is 0 Å². The van der Waals surface area contributed by atoms with Crippen molar-refractivity contribution in [3.8, 4) is 11.5 Å². The van der Waals surface area contributed by atoms with Gasteiger partial charge in [0.15, 0.2) is 0 Å². The number of carbonyl (C=O) groups is 1. The highest BCUT2D eigenvalue weighted by molar-refractivity contribution is 6.06. The number of benzene rings is 1. The van der Waals surface area contributed by atoms with Crippen LogP contribution in [-0.2, 0) is 0 Å². The molecule has 0 unspecified atom stereocenters. The standard InChI is InChI=1S/C14H10N4O3/c1-8-2-7-11(16-15-8)13-18-17-12(21-13)9-3-5-10(6-4-9)14(19)20/h2-7,15H,1H2,(H,19,20). The van der Waals surface area contributed by atoms with E-state index < -0.39 is 5.97 Å². The summed E-state index contributed by atoms with van der Waals surface area (Å²) >= 11 is 0. The maximum atomic E-state index is 10.8. The van der Waals surface area contributed by atoms with E-state index in [9.17, 15) is 4.79 Å². The fourth-order valence-electron chi connectivity index (χ4n) is 1.70. The summed E-state index contributed by atoms with van der Waals surface area (Å²) in [7, 11) is 0. The molecule has 0 aliphatic carbocycles. The van der Waals surface area contributed by atoms with Crippen molar-refractivity contribution in [2.75, 3.05) is 0 Å². The molecular weight excluding hydrogens is 272 g/mol. The van der Waals surface area contributed by atoms with Crippen LogP contribution >= 0.6 is 0 Å². The van der Waals surface area contributed by atoms with Gasteiger partial charge >= 0.3 is 5.97 Å². The Labute approximate surface area is 119 Å². The van der Waals surface area contributed by atoms with Crippen LogP contribution in [0.4, 0.5) is 0 Å². The number of nitrogens with one attached hydrogen (secondary N) is 1. The number of allylic oxidation sites excluding steroid dienone is 2. The molecule has 0 fully saturated rings. The second-order valence-electron chi connectivity index (χ2n) is 4.26. The molecule has 7 heteroatoms. The molecule has 0 amide bonds. The SMILES string of the molecule is C=C1C=CC(c2nnc(-c3ccc(C(=O)O)cc3)o2)=NN1. The largest absolute Gasteiger partial charge is 0.478 e. The molecule has 0 atom stereocenters. The summed E-state index contributed by atoms with van der Waals surface area (Å²) in [5, 5.41) is 20.7. The number of carboxylic acid groups (broad SMARTS) is 1. The summed E-state index contributed by atoms with van der Waals surface area (Å²) < 4.78 is 5.52. The van der Waals surface area contributed by atoms with E-state index >= 15 is 0 Å². The zero-order valence-corrected chi connectivity index (χ0v) is 10.8. The molecule has 2 aromatic rings. The van der Waals surface area contributed by atoms with Crippen molar-refractivity contribution >= 4 is 11.7 Å². The Hall–Kier alpha value is -3.22. The van der Waals surface area contributed by atoms with Gasteiger partial charge in [0.1, 0.15) is 5.71 Å². The zero-order valence-electron chi connectivity index (χ0n) is 10.8. The van der Waals surface area contributed by atoms with Gasteiger partial charge in [-0.05, 0) is 36.4 Å². The average Bonchev–Trinajstić information content (AvgIpc) is 2.98. The third-order valence-electron chi connectivity index (χ3n) is 2.79. The number of aromatic carboxylic acids is 1. The predicted octanol–water partition coefficient (Wildman–Crippen LogP) is 1.81. The van der Waals surface area contributed by atoms with E-state index in [-0.39, 0.29) is 11.5 Å². The highest BCUT2D eigenvalue weighted by Gasteiger charge is 2.14. The fraction of sp³-hybridized carbons (Fsp3) is 0. The Morgan fingerprint density at radius 1 is 1.14 bits per heavy atom. The molecule has 1 aliphatic heterocycles. The first kappa shape index (κ1) is 12.8. The highest BCUT2D eigenvalue weighted by Crippen LogP contribution is 2.19. The van der Waals surface area contributed by atoms with Crippen molar-refractivity contribution in [3.05, 3.63) is 60.1 Å². The molecule has 21 heavy (non-hydrogen) atoms. The van der Waals surface area contributed by atoms with Gasteiger partial charge in [-0.2, -0.15) is 5.10 Å². The van der Waals surface area contributed by atoms with Crippen LogP contribution < -0.4 is 5.43 Å². The summed E-state index contributed by atoms with van der Waals surface area (Å²) in [6, 6.07) is 6.18. The van der Waals surface area contributed by atoms with Crippen LogP contribution in [0.1, 0.15) is 16.2 Å². The Morgan fingerprint density at radius 3 is 2.48 bits per heavy atom. The van der Waals surface area contributed by atoms with Crippen LogP contribution in [0.25, 0.3) is 11.5 Å². The minimum Gasteiger partial charge on any atom is -0.478 e. The molecule has 1 aliphatic rings. The van der Waals surface area contributed by atoms with Gasteiger partial charge in [-0.15, -0.1) is 10.2 Å². The van der Waals surface area contributed by atoms with Crippen molar-refractivity contribution in [2.24, 2.45) is 5.10 Å². The summed E-state index contributed by atoms with van der Waals surface area (Å²) in [6.07, 6.45) is 3.46. The molecule has 1 aromatic heterocycles. The molecule has 7 nitrogen and oxygen atoms in total. The Kier molecular flexibility index (Phi) is 3.07. The third kappa shape index (κ3) is 2.57. The van der Waals surface area contributed by atoms with Gasteiger partial charge in [0.2, 0.25) is 5.89 Å². The second-order valence-corrected chi connectivity index (χ2v) is 4.26. The van der Waals surface area contributed by atoms with Crippen molar-refractivity contribution in [1.29, 1.82) is 0 Å². The number of hydrogen-bond acceptors (Lipinski definition) is 6. The molecular formula is C14H10N4O3. The van der Waals surface area contributed by atoms with Crippen molar-refractivity contribution < 1.29 is 14.3 Å². The normalized spacial score (nSPS) is 13.7. The Balaban J connectivity index is 1.86. The second kappa shape index (κ2) is 5.04. The molecule has 104 valence electrons. The average molecular weight is 282 g/mol. The fourth-order valence-corrected chi connectivity index (χ4v) is 1.70. The van der Waals surface area contributed by atoms with Crippen LogP contribution in [0.2, 0.25) is 0 Å². The van der Waals surface area contributed by atoms with Crippen LogP contribution in [-0.4, -0.2) is 27.0 Å². The van der Waals surface area contributed by atoms with Crippen LogP contribution in [0.5, 0.6) is 0 Å². The first-order valence-electron chi connectivity index (χ1n) is 6.02. The molecule has 0 bridgehead atoms. The lowest BCUT2D eigenvalue weighted by Gasteiger charge is -2.05. The minimum atomic E-state index is -0.985. The number of hydrazone groups is 1. The number of hydrogen-bond donors (Lipinski definition) is 2. The molecule has 0 spiro atoms. The quantitative estimate of drug-likeness (QED) is 0.890. The third-order valence-corrected chi connectivity index (χ3v) is 2.79. The molecule has 0 saturated heterocycles. The number of carboxylic acids is 1. The summed E-state index contributed by atoms with van der Waals surface area (Å²) in [4.78, 5) is 10.8. The maximum Gasteiger partial charge on any atom is 0.335 e. The highest BCUT2D eigenvalue weighted by atomic mass is 16.4. The van der Waals surface area contributed by atoms with Crippen LogP contribution in [0.3, 0.4) is 0 Å². The number of nitrogens with zero attached hydrogens (tertiary/aromatic N) is 3. The Bertz CT molecular complexity index is 772. The summed E-state index contributed by atoms with van der Waals surface area (Å²) in [5.41, 5.74) is 4.72. The molecule has 2 heterocycles. The predicted molar refractivity (Wildman–Crippen MR) is 74.6 cm³/mol. The topological polar surface area (TPSA) is 101 Å². The molecule has 1 aromatic carbocycles. The van der Waals surface area contributed by atoms with Gasteiger partial charge < -0.3 is 9.52 Å². The lowest BCUT2D eigenvalue weighted by atomic mass is 10.1. The first-order chi connectivity index (χ1) is 10.1. The zero-order chi connectivity index (χ0) is 14.8. The van der Waals surface area contributed by atoms with E-state index in [1.54, 1.807) is 24.3 Å². The smallest absolute Gasteiger partial charge is 0.335 e. The van der Waals surface area contributed by atoms with Crippen molar-refractivity contribution in [1.82, 2.24) is 15.6 Å². The van der Waals surface area contributed by atoms with Gasteiger partial charge in [-0.3, -0.25) is 5.43 Å². The van der Waals surface area contributed by atoms with Crippen LogP contribution in [0, 0.1) is 0 Å². The van der Waals surface area contributed by atoms with Crippen molar-refractivity contribution in [2.45, 2.75) is 0 Å². The van der Waals surface area contributed by atoms with Gasteiger partial charge in [-0.1, -0.05) is 6.58 Å². The summed E-state index contributed by atoms with van der Waals surface area (Å²) in [6.45, 7) is 3.70. The molecule has 0 saturated carbocycles.